The molecule has 1 aromatic heterocycles. The van der Waals surface area contributed by atoms with Crippen molar-refractivity contribution >= 4 is 0 Å². The number of benzene rings is 1. The Morgan fingerprint density at radius 1 is 1.25 bits per heavy atom. The van der Waals surface area contributed by atoms with Gasteiger partial charge in [0.05, 0.1) is 0 Å². The van der Waals surface area contributed by atoms with Crippen LogP contribution >= 0.6 is 0 Å². The van der Waals surface area contributed by atoms with E-state index in [2.05, 4.69) is 42.2 Å². The van der Waals surface area contributed by atoms with Crippen LogP contribution in [-0.4, -0.2) is 11.0 Å². The molecular weight excluding hydrogens is 244 g/mol. The minimum atomic E-state index is 0.159. The Balaban J connectivity index is 1.78. The van der Waals surface area contributed by atoms with Gasteiger partial charge in [-0.2, -0.15) is 0 Å². The molecule has 1 aliphatic rings. The van der Waals surface area contributed by atoms with Crippen LogP contribution in [-0.2, 0) is 12.8 Å². The monoisotopic (exact) mass is 266 g/mol. The molecule has 1 heterocycles. The number of hydrogen-bond acceptors (Lipinski definition) is 2. The Morgan fingerprint density at radius 3 is 2.85 bits per heavy atom. The molecule has 0 spiro atoms. The lowest BCUT2D eigenvalue weighted by Gasteiger charge is -2.29. The van der Waals surface area contributed by atoms with Gasteiger partial charge in [-0.1, -0.05) is 35.9 Å². The van der Waals surface area contributed by atoms with Crippen molar-refractivity contribution in [2.75, 3.05) is 0 Å². The van der Waals surface area contributed by atoms with Gasteiger partial charge >= 0.3 is 0 Å². The summed E-state index contributed by atoms with van der Waals surface area (Å²) < 4.78 is 0. The molecule has 3 rings (SSSR count). The summed E-state index contributed by atoms with van der Waals surface area (Å²) in [5, 5.41) is 0. The number of hydrogen-bond donors (Lipinski definition) is 1. The molecule has 0 radical (unpaired) electrons. The molecule has 0 amide bonds. The lowest BCUT2D eigenvalue weighted by molar-refractivity contribution is 0.449. The molecule has 1 aliphatic carbocycles. The number of fused-ring (bicyclic) bond motifs is 1. The SMILES string of the molecule is Cc1ccc(CC(N)C2CCCc3cccnc32)cc1. The van der Waals surface area contributed by atoms with E-state index in [9.17, 15) is 0 Å². The fraction of sp³-hybridized carbons (Fsp3) is 0.389. The van der Waals surface area contributed by atoms with Crippen LogP contribution in [0.15, 0.2) is 42.6 Å². The standard InChI is InChI=1S/C18H22N2/c1-13-7-9-14(10-8-13)12-17(19)16-6-2-4-15-5-3-11-20-18(15)16/h3,5,7-11,16-17H,2,4,6,12,19H2,1H3. The van der Waals surface area contributed by atoms with Crippen LogP contribution < -0.4 is 5.73 Å². The van der Waals surface area contributed by atoms with Gasteiger partial charge in [0, 0.05) is 23.9 Å². The summed E-state index contributed by atoms with van der Waals surface area (Å²) in [7, 11) is 0. The summed E-state index contributed by atoms with van der Waals surface area (Å²) in [5.74, 6) is 0.404. The summed E-state index contributed by atoms with van der Waals surface area (Å²) in [6, 6.07) is 13.1. The predicted octanol–water partition coefficient (Wildman–Crippen LogP) is 3.38. The van der Waals surface area contributed by atoms with E-state index in [0.717, 1.165) is 19.3 Å². The zero-order valence-electron chi connectivity index (χ0n) is 12.0. The second-order valence-corrected chi connectivity index (χ2v) is 5.90. The fourth-order valence-corrected chi connectivity index (χ4v) is 3.20. The van der Waals surface area contributed by atoms with Crippen molar-refractivity contribution in [2.45, 2.75) is 44.6 Å². The number of rotatable bonds is 3. The van der Waals surface area contributed by atoms with E-state index in [0.29, 0.717) is 5.92 Å². The van der Waals surface area contributed by atoms with Crippen molar-refractivity contribution in [3.05, 3.63) is 65.0 Å². The van der Waals surface area contributed by atoms with E-state index in [1.54, 1.807) is 0 Å². The van der Waals surface area contributed by atoms with Crippen molar-refractivity contribution in [3.8, 4) is 0 Å². The largest absolute Gasteiger partial charge is 0.327 e. The highest BCUT2D eigenvalue weighted by Crippen LogP contribution is 2.32. The Hall–Kier alpha value is -1.67. The van der Waals surface area contributed by atoms with Gasteiger partial charge < -0.3 is 5.73 Å². The lowest BCUT2D eigenvalue weighted by atomic mass is 9.80. The summed E-state index contributed by atoms with van der Waals surface area (Å²) in [6.07, 6.45) is 6.37. The molecule has 1 aromatic carbocycles. The lowest BCUT2D eigenvalue weighted by Crippen LogP contribution is -2.33. The molecule has 0 aliphatic heterocycles. The van der Waals surface area contributed by atoms with Gasteiger partial charge in [0.25, 0.3) is 0 Å². The quantitative estimate of drug-likeness (QED) is 0.925. The molecule has 0 saturated carbocycles. The average Bonchev–Trinajstić information content (AvgIpc) is 2.49. The third-order valence-corrected chi connectivity index (χ3v) is 4.35. The van der Waals surface area contributed by atoms with Gasteiger partial charge in [-0.3, -0.25) is 4.98 Å². The number of aryl methyl sites for hydroxylation is 2. The Kier molecular flexibility index (Phi) is 3.83. The number of pyridine rings is 1. The van der Waals surface area contributed by atoms with Crippen molar-refractivity contribution in [2.24, 2.45) is 5.73 Å². The second kappa shape index (κ2) is 5.76. The van der Waals surface area contributed by atoms with Crippen LogP contribution in [0.5, 0.6) is 0 Å². The summed E-state index contributed by atoms with van der Waals surface area (Å²) in [6.45, 7) is 2.12. The smallest absolute Gasteiger partial charge is 0.0482 e. The third kappa shape index (κ3) is 2.75. The normalized spacial score (nSPS) is 19.4. The van der Waals surface area contributed by atoms with E-state index in [4.69, 9.17) is 5.73 Å². The third-order valence-electron chi connectivity index (χ3n) is 4.35. The molecule has 0 fully saturated rings. The van der Waals surface area contributed by atoms with Gasteiger partial charge in [0.2, 0.25) is 0 Å². The highest BCUT2D eigenvalue weighted by molar-refractivity contribution is 5.29. The molecule has 2 aromatic rings. The predicted molar refractivity (Wildman–Crippen MR) is 82.8 cm³/mol. The van der Waals surface area contributed by atoms with Crippen molar-refractivity contribution in [1.82, 2.24) is 4.98 Å². The number of aromatic nitrogens is 1. The zero-order valence-corrected chi connectivity index (χ0v) is 12.0. The zero-order chi connectivity index (χ0) is 13.9. The van der Waals surface area contributed by atoms with Crippen LogP contribution in [0, 0.1) is 6.92 Å². The molecule has 2 unspecified atom stereocenters. The molecule has 2 heteroatoms. The highest BCUT2D eigenvalue weighted by Gasteiger charge is 2.26. The van der Waals surface area contributed by atoms with Crippen molar-refractivity contribution < 1.29 is 0 Å². The molecule has 2 atom stereocenters. The van der Waals surface area contributed by atoms with Crippen LogP contribution in [0.1, 0.15) is 41.1 Å². The summed E-state index contributed by atoms with van der Waals surface area (Å²) in [5.41, 5.74) is 11.7. The van der Waals surface area contributed by atoms with Gasteiger partial charge in [0.1, 0.15) is 0 Å². The Morgan fingerprint density at radius 2 is 2.05 bits per heavy atom. The van der Waals surface area contributed by atoms with E-state index in [1.807, 2.05) is 12.3 Å². The van der Waals surface area contributed by atoms with Crippen LogP contribution in [0.25, 0.3) is 0 Å². The first-order valence-corrected chi connectivity index (χ1v) is 7.49. The van der Waals surface area contributed by atoms with E-state index in [1.165, 1.54) is 28.8 Å². The summed E-state index contributed by atoms with van der Waals surface area (Å²) >= 11 is 0. The first kappa shape index (κ1) is 13.3. The van der Waals surface area contributed by atoms with E-state index >= 15 is 0 Å². The average molecular weight is 266 g/mol. The molecule has 20 heavy (non-hydrogen) atoms. The first-order valence-electron chi connectivity index (χ1n) is 7.49. The Labute approximate surface area is 121 Å². The molecule has 2 N–H and O–H groups in total. The first-order chi connectivity index (χ1) is 9.74. The number of nitrogens with two attached hydrogens (primary N) is 1. The molecule has 0 bridgehead atoms. The molecule has 0 saturated heterocycles. The topological polar surface area (TPSA) is 38.9 Å². The second-order valence-electron chi connectivity index (χ2n) is 5.90. The Bertz CT molecular complexity index is 574. The van der Waals surface area contributed by atoms with Crippen molar-refractivity contribution in [3.63, 3.8) is 0 Å². The maximum absolute atomic E-state index is 6.49. The highest BCUT2D eigenvalue weighted by atomic mass is 14.7. The van der Waals surface area contributed by atoms with Gasteiger partial charge in [-0.05, 0) is 49.8 Å². The number of nitrogens with zero attached hydrogens (tertiary/aromatic N) is 1. The molecular formula is C18H22N2. The molecule has 2 nitrogen and oxygen atoms in total. The van der Waals surface area contributed by atoms with Crippen molar-refractivity contribution in [1.29, 1.82) is 0 Å². The maximum Gasteiger partial charge on any atom is 0.0482 e. The van der Waals surface area contributed by atoms with Crippen LogP contribution in [0.4, 0.5) is 0 Å². The van der Waals surface area contributed by atoms with Crippen LogP contribution in [0.2, 0.25) is 0 Å². The van der Waals surface area contributed by atoms with Gasteiger partial charge in [0.15, 0.2) is 0 Å². The maximum atomic E-state index is 6.49. The van der Waals surface area contributed by atoms with Gasteiger partial charge in [-0.15, -0.1) is 0 Å². The van der Waals surface area contributed by atoms with E-state index in [-0.39, 0.29) is 6.04 Å². The molecule has 104 valence electrons. The fourth-order valence-electron chi connectivity index (χ4n) is 3.20. The van der Waals surface area contributed by atoms with E-state index < -0.39 is 0 Å². The minimum absolute atomic E-state index is 0.159. The summed E-state index contributed by atoms with van der Waals surface area (Å²) in [4.78, 5) is 4.60. The van der Waals surface area contributed by atoms with Crippen LogP contribution in [0.3, 0.4) is 0 Å². The minimum Gasteiger partial charge on any atom is -0.327 e. The van der Waals surface area contributed by atoms with Gasteiger partial charge in [-0.25, -0.2) is 0 Å².